The van der Waals surface area contributed by atoms with Crippen molar-refractivity contribution in [2.45, 2.75) is 26.0 Å². The van der Waals surface area contributed by atoms with Crippen LogP contribution in [0.25, 0.3) is 0 Å². The van der Waals surface area contributed by atoms with Crippen molar-refractivity contribution in [3.8, 4) is 0 Å². The highest BCUT2D eigenvalue weighted by molar-refractivity contribution is 5.03. The SMILES string of the molecule is C=C(C)C(NC)C(C)OC. The molecule has 1 N–H and O–H groups in total. The molecule has 60 valence electrons. The van der Waals surface area contributed by atoms with Crippen LogP contribution in [0, 0.1) is 0 Å². The maximum absolute atomic E-state index is 5.14. The Morgan fingerprint density at radius 2 is 2.10 bits per heavy atom. The summed E-state index contributed by atoms with van der Waals surface area (Å²) in [6.45, 7) is 7.87. The molecule has 0 aliphatic heterocycles. The average Bonchev–Trinajstić information content (AvgIpc) is 1.88. The van der Waals surface area contributed by atoms with Crippen LogP contribution in [-0.2, 0) is 4.74 Å². The zero-order valence-electron chi connectivity index (χ0n) is 7.27. The zero-order chi connectivity index (χ0) is 8.15. The number of nitrogens with one attached hydrogen (secondary N) is 1. The summed E-state index contributed by atoms with van der Waals surface area (Å²) in [5.74, 6) is 0. The van der Waals surface area contributed by atoms with Gasteiger partial charge in [-0.15, -0.1) is 0 Å². The summed E-state index contributed by atoms with van der Waals surface area (Å²) in [6, 6.07) is 0.269. The second-order valence-electron chi connectivity index (χ2n) is 2.55. The van der Waals surface area contributed by atoms with Crippen molar-refractivity contribution in [2.75, 3.05) is 14.2 Å². The van der Waals surface area contributed by atoms with E-state index in [4.69, 9.17) is 4.74 Å². The minimum atomic E-state index is 0.197. The fourth-order valence-electron chi connectivity index (χ4n) is 1.02. The summed E-state index contributed by atoms with van der Waals surface area (Å²) in [6.07, 6.45) is 0.197. The molecule has 0 saturated carbocycles. The molecule has 0 aliphatic rings. The van der Waals surface area contributed by atoms with Crippen LogP contribution < -0.4 is 5.32 Å². The van der Waals surface area contributed by atoms with Gasteiger partial charge in [-0.25, -0.2) is 0 Å². The van der Waals surface area contributed by atoms with E-state index in [2.05, 4.69) is 11.9 Å². The van der Waals surface area contributed by atoms with Crippen molar-refractivity contribution in [3.05, 3.63) is 12.2 Å². The highest BCUT2D eigenvalue weighted by atomic mass is 16.5. The number of hydrogen-bond donors (Lipinski definition) is 1. The van der Waals surface area contributed by atoms with Crippen molar-refractivity contribution >= 4 is 0 Å². The molecule has 0 aromatic heterocycles. The van der Waals surface area contributed by atoms with Gasteiger partial charge < -0.3 is 10.1 Å². The zero-order valence-corrected chi connectivity index (χ0v) is 7.27. The van der Waals surface area contributed by atoms with E-state index in [1.165, 1.54) is 0 Å². The predicted molar refractivity (Wildman–Crippen MR) is 44.1 cm³/mol. The van der Waals surface area contributed by atoms with E-state index in [9.17, 15) is 0 Å². The average molecular weight is 143 g/mol. The van der Waals surface area contributed by atoms with Gasteiger partial charge >= 0.3 is 0 Å². The lowest BCUT2D eigenvalue weighted by molar-refractivity contribution is 0.0964. The molecule has 2 heteroatoms. The Balaban J connectivity index is 3.92. The molecule has 0 aromatic rings. The fraction of sp³-hybridized carbons (Fsp3) is 0.750. The maximum Gasteiger partial charge on any atom is 0.0734 e. The second-order valence-corrected chi connectivity index (χ2v) is 2.55. The van der Waals surface area contributed by atoms with E-state index >= 15 is 0 Å². The van der Waals surface area contributed by atoms with Crippen molar-refractivity contribution in [1.82, 2.24) is 5.32 Å². The Morgan fingerprint density at radius 3 is 2.20 bits per heavy atom. The third kappa shape index (κ3) is 2.50. The highest BCUT2D eigenvalue weighted by Crippen LogP contribution is 2.04. The van der Waals surface area contributed by atoms with Gasteiger partial charge in [0.25, 0.3) is 0 Å². The lowest BCUT2D eigenvalue weighted by Gasteiger charge is -2.22. The van der Waals surface area contributed by atoms with Gasteiger partial charge in [-0.2, -0.15) is 0 Å². The third-order valence-corrected chi connectivity index (χ3v) is 1.68. The largest absolute Gasteiger partial charge is 0.380 e. The lowest BCUT2D eigenvalue weighted by Crippen LogP contribution is -2.37. The molecule has 0 radical (unpaired) electrons. The molecular formula is C8H17NO. The van der Waals surface area contributed by atoms with Crippen molar-refractivity contribution in [1.29, 1.82) is 0 Å². The van der Waals surface area contributed by atoms with Gasteiger partial charge in [-0.1, -0.05) is 12.2 Å². The lowest BCUT2D eigenvalue weighted by atomic mass is 10.1. The molecular weight excluding hydrogens is 126 g/mol. The van der Waals surface area contributed by atoms with Crippen molar-refractivity contribution in [3.63, 3.8) is 0 Å². The molecule has 0 spiro atoms. The van der Waals surface area contributed by atoms with Gasteiger partial charge in [-0.05, 0) is 20.9 Å². The van der Waals surface area contributed by atoms with E-state index in [0.717, 1.165) is 5.57 Å². The van der Waals surface area contributed by atoms with E-state index in [-0.39, 0.29) is 12.1 Å². The van der Waals surface area contributed by atoms with Crippen LogP contribution >= 0.6 is 0 Å². The number of rotatable bonds is 4. The summed E-state index contributed by atoms with van der Waals surface area (Å²) < 4.78 is 5.14. The molecule has 0 aliphatic carbocycles. The predicted octanol–water partition coefficient (Wildman–Crippen LogP) is 1.19. The van der Waals surface area contributed by atoms with Crippen LogP contribution in [0.5, 0.6) is 0 Å². The molecule has 2 atom stereocenters. The standard InChI is InChI=1S/C8H17NO/c1-6(2)8(9-4)7(3)10-5/h7-9H,1H2,2-5H3. The van der Waals surface area contributed by atoms with E-state index in [0.29, 0.717) is 0 Å². The van der Waals surface area contributed by atoms with Crippen LogP contribution in [0.2, 0.25) is 0 Å². The van der Waals surface area contributed by atoms with Gasteiger partial charge in [0.1, 0.15) is 0 Å². The van der Waals surface area contributed by atoms with Gasteiger partial charge in [0.15, 0.2) is 0 Å². The molecule has 0 amide bonds. The van der Waals surface area contributed by atoms with Crippen LogP contribution in [0.15, 0.2) is 12.2 Å². The topological polar surface area (TPSA) is 21.3 Å². The Labute approximate surface area is 63.3 Å². The first-order chi connectivity index (χ1) is 4.63. The Morgan fingerprint density at radius 1 is 1.60 bits per heavy atom. The Hall–Kier alpha value is -0.340. The molecule has 0 rings (SSSR count). The number of likely N-dealkylation sites (N-methyl/N-ethyl adjacent to an activating group) is 1. The minimum Gasteiger partial charge on any atom is -0.380 e. The summed E-state index contributed by atoms with van der Waals surface area (Å²) in [7, 11) is 3.62. The summed E-state index contributed by atoms with van der Waals surface area (Å²) >= 11 is 0. The van der Waals surface area contributed by atoms with Gasteiger partial charge in [0.2, 0.25) is 0 Å². The summed E-state index contributed by atoms with van der Waals surface area (Å²) in [5.41, 5.74) is 1.11. The molecule has 2 nitrogen and oxygen atoms in total. The second kappa shape index (κ2) is 4.47. The molecule has 10 heavy (non-hydrogen) atoms. The van der Waals surface area contributed by atoms with E-state index in [1.54, 1.807) is 7.11 Å². The molecule has 0 heterocycles. The van der Waals surface area contributed by atoms with Crippen LogP contribution in [0.1, 0.15) is 13.8 Å². The highest BCUT2D eigenvalue weighted by Gasteiger charge is 2.13. The summed E-state index contributed by atoms with van der Waals surface area (Å²) in [5, 5.41) is 3.13. The number of methoxy groups -OCH3 is 1. The number of hydrogen-bond acceptors (Lipinski definition) is 2. The Kier molecular flexibility index (Phi) is 4.32. The van der Waals surface area contributed by atoms with Gasteiger partial charge in [-0.3, -0.25) is 0 Å². The molecule has 0 saturated heterocycles. The molecule has 2 unspecified atom stereocenters. The normalized spacial score (nSPS) is 16.4. The quantitative estimate of drug-likeness (QED) is 0.597. The van der Waals surface area contributed by atoms with Crippen LogP contribution in [-0.4, -0.2) is 26.3 Å². The molecule has 0 aromatic carbocycles. The first-order valence-corrected chi connectivity index (χ1v) is 3.49. The number of ether oxygens (including phenoxy) is 1. The van der Waals surface area contributed by atoms with Gasteiger partial charge in [0.05, 0.1) is 12.1 Å². The monoisotopic (exact) mass is 143 g/mol. The Bertz CT molecular complexity index is 112. The van der Waals surface area contributed by atoms with E-state index in [1.807, 2.05) is 20.9 Å². The first-order valence-electron chi connectivity index (χ1n) is 3.49. The van der Waals surface area contributed by atoms with Crippen molar-refractivity contribution in [2.24, 2.45) is 0 Å². The molecule has 0 bridgehead atoms. The molecule has 0 fully saturated rings. The van der Waals surface area contributed by atoms with Gasteiger partial charge in [0, 0.05) is 7.11 Å². The van der Waals surface area contributed by atoms with Crippen molar-refractivity contribution < 1.29 is 4.74 Å². The summed E-state index contributed by atoms with van der Waals surface area (Å²) in [4.78, 5) is 0. The fourth-order valence-corrected chi connectivity index (χ4v) is 1.02. The minimum absolute atomic E-state index is 0.197. The first kappa shape index (κ1) is 9.66. The third-order valence-electron chi connectivity index (χ3n) is 1.68. The maximum atomic E-state index is 5.14. The van der Waals surface area contributed by atoms with E-state index < -0.39 is 0 Å². The van der Waals surface area contributed by atoms with Crippen LogP contribution in [0.3, 0.4) is 0 Å². The smallest absolute Gasteiger partial charge is 0.0734 e. The van der Waals surface area contributed by atoms with Crippen LogP contribution in [0.4, 0.5) is 0 Å².